The fourth-order valence-electron chi connectivity index (χ4n) is 3.43. The van der Waals surface area contributed by atoms with Crippen LogP contribution in [0.2, 0.25) is 0 Å². The fourth-order valence-corrected chi connectivity index (χ4v) is 3.43. The molecule has 2 atom stereocenters. The van der Waals surface area contributed by atoms with Crippen molar-refractivity contribution < 1.29 is 14.7 Å². The van der Waals surface area contributed by atoms with Gasteiger partial charge < -0.3 is 10.0 Å². The highest BCUT2D eigenvalue weighted by Crippen LogP contribution is 2.29. The fraction of sp³-hybridized carbons (Fsp3) is 0.333. The molecule has 1 heterocycles. The van der Waals surface area contributed by atoms with Gasteiger partial charge in [-0.2, -0.15) is 0 Å². The summed E-state index contributed by atoms with van der Waals surface area (Å²) in [6.07, 6.45) is 0.942. The second-order valence-electron chi connectivity index (χ2n) is 6.74. The number of hydrogen-bond acceptors (Lipinski definition) is 2. The van der Waals surface area contributed by atoms with Crippen LogP contribution in [0.15, 0.2) is 54.6 Å². The lowest BCUT2D eigenvalue weighted by atomic mass is 9.95. The Balaban J connectivity index is 1.65. The summed E-state index contributed by atoms with van der Waals surface area (Å²) < 4.78 is 0. The number of likely N-dealkylation sites (tertiary alicyclic amines) is 1. The Bertz CT molecular complexity index is 739. The highest BCUT2D eigenvalue weighted by atomic mass is 16.4. The topological polar surface area (TPSA) is 57.6 Å². The van der Waals surface area contributed by atoms with Crippen LogP contribution in [-0.2, 0) is 9.59 Å². The van der Waals surface area contributed by atoms with E-state index in [1.54, 1.807) is 24.3 Å². The van der Waals surface area contributed by atoms with Crippen molar-refractivity contribution in [3.63, 3.8) is 0 Å². The van der Waals surface area contributed by atoms with Crippen LogP contribution in [0.5, 0.6) is 0 Å². The van der Waals surface area contributed by atoms with E-state index in [4.69, 9.17) is 0 Å². The largest absolute Gasteiger partial charge is 0.481 e. The summed E-state index contributed by atoms with van der Waals surface area (Å²) in [7, 11) is 0. The van der Waals surface area contributed by atoms with Gasteiger partial charge >= 0.3 is 5.97 Å². The average molecular weight is 337 g/mol. The van der Waals surface area contributed by atoms with E-state index in [0.29, 0.717) is 24.6 Å². The number of aliphatic carboxylic acids is 1. The number of aryl methyl sites for hydroxylation is 1. The second-order valence-corrected chi connectivity index (χ2v) is 6.74. The van der Waals surface area contributed by atoms with E-state index in [1.165, 1.54) is 11.1 Å². The molecule has 1 aliphatic rings. The molecule has 1 amide bonds. The van der Waals surface area contributed by atoms with Crippen LogP contribution >= 0.6 is 0 Å². The van der Waals surface area contributed by atoms with E-state index < -0.39 is 11.9 Å². The van der Waals surface area contributed by atoms with E-state index in [-0.39, 0.29) is 12.3 Å². The molecule has 1 aliphatic heterocycles. The summed E-state index contributed by atoms with van der Waals surface area (Å²) in [5.41, 5.74) is 3.15. The first-order valence-electron chi connectivity index (χ1n) is 8.66. The number of hydrogen-bond donors (Lipinski definition) is 1. The standard InChI is InChI=1S/C21H23NO3/c1-15-7-9-16(10-8-15)18-11-12-22(14-18)20(23)13-19(21(24)25)17-5-3-2-4-6-17/h2-10,18-19H,11-14H2,1H3,(H,24,25). The normalized spacial score (nSPS) is 18.1. The molecular formula is C21H23NO3. The number of nitrogens with zero attached hydrogens (tertiary/aromatic N) is 1. The van der Waals surface area contributed by atoms with E-state index in [9.17, 15) is 14.7 Å². The van der Waals surface area contributed by atoms with Crippen LogP contribution in [0.3, 0.4) is 0 Å². The van der Waals surface area contributed by atoms with Gasteiger partial charge in [-0.1, -0.05) is 60.2 Å². The molecule has 0 aromatic heterocycles. The molecular weight excluding hydrogens is 314 g/mol. The molecule has 3 rings (SSSR count). The molecule has 4 nitrogen and oxygen atoms in total. The van der Waals surface area contributed by atoms with Gasteiger partial charge in [0.1, 0.15) is 0 Å². The molecule has 0 aliphatic carbocycles. The van der Waals surface area contributed by atoms with Gasteiger partial charge in [0.2, 0.25) is 5.91 Å². The van der Waals surface area contributed by atoms with Crippen molar-refractivity contribution in [1.82, 2.24) is 4.90 Å². The minimum atomic E-state index is -0.950. The molecule has 0 bridgehead atoms. The van der Waals surface area contributed by atoms with Crippen LogP contribution in [0.1, 0.15) is 41.4 Å². The predicted molar refractivity (Wildman–Crippen MR) is 96.6 cm³/mol. The molecule has 2 aromatic carbocycles. The summed E-state index contributed by atoms with van der Waals surface area (Å²) >= 11 is 0. The summed E-state index contributed by atoms with van der Waals surface area (Å²) in [6, 6.07) is 17.4. The average Bonchev–Trinajstić information content (AvgIpc) is 3.11. The first-order valence-corrected chi connectivity index (χ1v) is 8.66. The minimum absolute atomic E-state index is 0.0139. The first kappa shape index (κ1) is 17.2. The van der Waals surface area contributed by atoms with Crippen LogP contribution in [0.25, 0.3) is 0 Å². The van der Waals surface area contributed by atoms with E-state index in [2.05, 4.69) is 31.2 Å². The van der Waals surface area contributed by atoms with Gasteiger partial charge in [0.15, 0.2) is 0 Å². The van der Waals surface area contributed by atoms with Crippen molar-refractivity contribution in [2.45, 2.75) is 31.6 Å². The second kappa shape index (κ2) is 7.51. The van der Waals surface area contributed by atoms with Gasteiger partial charge in [-0.15, -0.1) is 0 Å². The molecule has 25 heavy (non-hydrogen) atoms. The van der Waals surface area contributed by atoms with E-state index >= 15 is 0 Å². The lowest BCUT2D eigenvalue weighted by Gasteiger charge is -2.20. The highest BCUT2D eigenvalue weighted by Gasteiger charge is 2.31. The third-order valence-corrected chi connectivity index (χ3v) is 4.97. The number of carbonyl (C=O) groups excluding carboxylic acids is 1. The molecule has 130 valence electrons. The molecule has 0 spiro atoms. The minimum Gasteiger partial charge on any atom is -0.481 e. The van der Waals surface area contributed by atoms with Crippen molar-refractivity contribution >= 4 is 11.9 Å². The number of carboxylic acids is 1. The van der Waals surface area contributed by atoms with Crippen LogP contribution < -0.4 is 0 Å². The van der Waals surface area contributed by atoms with Crippen LogP contribution in [-0.4, -0.2) is 35.0 Å². The quantitative estimate of drug-likeness (QED) is 0.907. The number of rotatable bonds is 5. The number of benzene rings is 2. The number of carboxylic acid groups (broad SMARTS) is 1. The monoisotopic (exact) mass is 337 g/mol. The highest BCUT2D eigenvalue weighted by molar-refractivity contribution is 5.86. The maximum absolute atomic E-state index is 12.6. The maximum Gasteiger partial charge on any atom is 0.311 e. The van der Waals surface area contributed by atoms with Crippen LogP contribution in [0, 0.1) is 6.92 Å². The number of carbonyl (C=O) groups is 2. The predicted octanol–water partition coefficient (Wildman–Crippen LogP) is 3.57. The molecule has 0 saturated carbocycles. The van der Waals surface area contributed by atoms with Gasteiger partial charge in [0.05, 0.1) is 5.92 Å². The van der Waals surface area contributed by atoms with E-state index in [0.717, 1.165) is 6.42 Å². The van der Waals surface area contributed by atoms with Gasteiger partial charge in [-0.05, 0) is 24.5 Å². The lowest BCUT2D eigenvalue weighted by molar-refractivity contribution is -0.142. The Morgan fingerprint density at radius 2 is 1.80 bits per heavy atom. The van der Waals surface area contributed by atoms with Crippen molar-refractivity contribution in [3.05, 3.63) is 71.3 Å². The lowest BCUT2D eigenvalue weighted by Crippen LogP contribution is -2.31. The molecule has 2 aromatic rings. The smallest absolute Gasteiger partial charge is 0.311 e. The number of amides is 1. The first-order chi connectivity index (χ1) is 12.0. The molecule has 1 fully saturated rings. The van der Waals surface area contributed by atoms with Gasteiger partial charge in [-0.25, -0.2) is 0 Å². The Labute approximate surface area is 148 Å². The van der Waals surface area contributed by atoms with Gasteiger partial charge in [-0.3, -0.25) is 9.59 Å². The zero-order valence-corrected chi connectivity index (χ0v) is 14.4. The van der Waals surface area contributed by atoms with Crippen molar-refractivity contribution in [2.75, 3.05) is 13.1 Å². The third kappa shape index (κ3) is 4.08. The molecule has 2 unspecified atom stereocenters. The zero-order chi connectivity index (χ0) is 17.8. The Hall–Kier alpha value is -2.62. The Morgan fingerprint density at radius 3 is 2.44 bits per heavy atom. The van der Waals surface area contributed by atoms with Crippen molar-refractivity contribution in [2.24, 2.45) is 0 Å². The molecule has 4 heteroatoms. The summed E-state index contributed by atoms with van der Waals surface area (Å²) in [4.78, 5) is 26.0. The molecule has 0 radical (unpaired) electrons. The van der Waals surface area contributed by atoms with E-state index in [1.807, 2.05) is 11.0 Å². The summed E-state index contributed by atoms with van der Waals surface area (Å²) in [6.45, 7) is 3.42. The van der Waals surface area contributed by atoms with Crippen LogP contribution in [0.4, 0.5) is 0 Å². The van der Waals surface area contributed by atoms with Crippen molar-refractivity contribution in [3.8, 4) is 0 Å². The maximum atomic E-state index is 12.6. The SMILES string of the molecule is Cc1ccc(C2CCN(C(=O)CC(C(=O)O)c3ccccc3)C2)cc1. The van der Waals surface area contributed by atoms with Gasteiger partial charge in [0, 0.05) is 25.4 Å². The molecule has 1 saturated heterocycles. The molecule has 1 N–H and O–H groups in total. The Kier molecular flexibility index (Phi) is 5.17. The summed E-state index contributed by atoms with van der Waals surface area (Å²) in [5.74, 6) is -1.48. The van der Waals surface area contributed by atoms with Gasteiger partial charge in [0.25, 0.3) is 0 Å². The third-order valence-electron chi connectivity index (χ3n) is 4.97. The van der Waals surface area contributed by atoms with Crippen molar-refractivity contribution in [1.29, 1.82) is 0 Å². The zero-order valence-electron chi connectivity index (χ0n) is 14.4. The summed E-state index contributed by atoms with van der Waals surface area (Å²) in [5, 5.41) is 9.50. The Morgan fingerprint density at radius 1 is 1.12 bits per heavy atom.